The van der Waals surface area contributed by atoms with Crippen molar-refractivity contribution in [2.24, 2.45) is 0 Å². The second-order valence-electron chi connectivity index (χ2n) is 6.09. The fraction of sp³-hybridized carbons (Fsp3) is 0.368. The van der Waals surface area contributed by atoms with E-state index in [0.29, 0.717) is 18.1 Å². The van der Waals surface area contributed by atoms with Gasteiger partial charge in [0.25, 0.3) is 5.88 Å². The summed E-state index contributed by atoms with van der Waals surface area (Å²) in [6, 6.07) is 2.24. The number of fused-ring (bicyclic) bond motifs is 1. The summed E-state index contributed by atoms with van der Waals surface area (Å²) >= 11 is 0. The predicted molar refractivity (Wildman–Crippen MR) is 101 cm³/mol. The van der Waals surface area contributed by atoms with E-state index in [1.54, 1.807) is 4.52 Å². The number of aromatic nitrogens is 5. The second kappa shape index (κ2) is 8.05. The van der Waals surface area contributed by atoms with Crippen LogP contribution >= 0.6 is 0 Å². The summed E-state index contributed by atoms with van der Waals surface area (Å²) in [5, 5.41) is 7.63. The molecule has 0 unspecified atom stereocenters. The van der Waals surface area contributed by atoms with Crippen LogP contribution in [0.2, 0.25) is 0 Å². The highest BCUT2D eigenvalue weighted by Crippen LogP contribution is 2.27. The topological polar surface area (TPSA) is 77.2 Å². The van der Waals surface area contributed by atoms with Gasteiger partial charge in [0.05, 0.1) is 24.2 Å². The van der Waals surface area contributed by atoms with Gasteiger partial charge in [0.2, 0.25) is 5.65 Å². The van der Waals surface area contributed by atoms with Crippen LogP contribution in [0.25, 0.3) is 16.9 Å². The third kappa shape index (κ3) is 3.72. The van der Waals surface area contributed by atoms with Crippen LogP contribution in [0.1, 0.15) is 37.6 Å². The lowest BCUT2D eigenvalue weighted by Crippen LogP contribution is -2.19. The minimum absolute atomic E-state index is 0.165. The number of hydrogen-bond acceptors (Lipinski definition) is 6. The number of pyridine rings is 1. The van der Waals surface area contributed by atoms with Gasteiger partial charge in [-0.05, 0) is 38.4 Å². The Labute approximate surface area is 153 Å². The van der Waals surface area contributed by atoms with Crippen LogP contribution in [0.4, 0.5) is 0 Å². The van der Waals surface area contributed by atoms with Gasteiger partial charge in [-0.1, -0.05) is 13.0 Å². The van der Waals surface area contributed by atoms with E-state index < -0.39 is 0 Å². The Kier molecular flexibility index (Phi) is 5.58. The van der Waals surface area contributed by atoms with Crippen molar-refractivity contribution in [3.63, 3.8) is 0 Å². The Balaban J connectivity index is 2.04. The molecule has 3 heterocycles. The van der Waals surface area contributed by atoms with Crippen molar-refractivity contribution in [3.8, 4) is 17.1 Å². The van der Waals surface area contributed by atoms with E-state index in [2.05, 4.69) is 46.9 Å². The number of nitrogens with zero attached hydrogens (tertiary/aromatic N) is 5. The first-order chi connectivity index (χ1) is 12.6. The van der Waals surface area contributed by atoms with Crippen LogP contribution in [0.3, 0.4) is 0 Å². The molecule has 0 aliphatic carbocycles. The smallest absolute Gasteiger partial charge is 0.260 e. The zero-order chi connectivity index (χ0) is 18.5. The molecule has 136 valence electrons. The molecule has 1 atom stereocenters. The number of nitrogens with one attached hydrogen (secondary N) is 1. The third-order valence-electron chi connectivity index (χ3n) is 4.15. The number of rotatable bonds is 8. The highest BCUT2D eigenvalue weighted by atomic mass is 16.5. The molecule has 26 heavy (non-hydrogen) atoms. The van der Waals surface area contributed by atoms with Crippen molar-refractivity contribution < 1.29 is 4.74 Å². The van der Waals surface area contributed by atoms with Gasteiger partial charge >= 0.3 is 0 Å². The predicted octanol–water partition coefficient (Wildman–Crippen LogP) is 3.12. The van der Waals surface area contributed by atoms with Crippen LogP contribution in [0.5, 0.6) is 5.88 Å². The zero-order valence-corrected chi connectivity index (χ0v) is 15.4. The molecule has 3 aromatic heterocycles. The van der Waals surface area contributed by atoms with E-state index in [1.807, 2.05) is 25.4 Å². The average Bonchev–Trinajstić information content (AvgIpc) is 3.11. The van der Waals surface area contributed by atoms with E-state index >= 15 is 0 Å². The van der Waals surface area contributed by atoms with Gasteiger partial charge in [-0.25, -0.2) is 14.5 Å². The summed E-state index contributed by atoms with van der Waals surface area (Å²) in [6.45, 7) is 11.3. The maximum atomic E-state index is 5.80. The molecule has 3 aromatic rings. The molecule has 0 spiro atoms. The van der Waals surface area contributed by atoms with Crippen molar-refractivity contribution in [2.75, 3.05) is 13.2 Å². The van der Waals surface area contributed by atoms with Gasteiger partial charge in [0.1, 0.15) is 6.33 Å². The molecule has 0 saturated heterocycles. The fourth-order valence-corrected chi connectivity index (χ4v) is 2.73. The molecular weight excluding hydrogens is 328 g/mol. The maximum absolute atomic E-state index is 5.80. The van der Waals surface area contributed by atoms with Gasteiger partial charge in [0, 0.05) is 17.8 Å². The minimum Gasteiger partial charge on any atom is -0.475 e. The molecule has 0 fully saturated rings. The van der Waals surface area contributed by atoms with E-state index in [4.69, 9.17) is 9.72 Å². The molecule has 7 heteroatoms. The van der Waals surface area contributed by atoms with Gasteiger partial charge in [-0.15, -0.1) is 6.58 Å². The summed E-state index contributed by atoms with van der Waals surface area (Å²) in [5.41, 5.74) is 4.40. The van der Waals surface area contributed by atoms with Crippen LogP contribution in [0, 0.1) is 6.92 Å². The molecular formula is C19H24N6O. The quantitative estimate of drug-likeness (QED) is 0.496. The molecule has 3 rings (SSSR count). The first kappa shape index (κ1) is 18.0. The lowest BCUT2D eigenvalue weighted by atomic mass is 10.0. The van der Waals surface area contributed by atoms with Crippen LogP contribution in [0.15, 0.2) is 37.4 Å². The normalized spacial score (nSPS) is 12.3. The SMILES string of the molecule is C=CCCOc1nc(-c2cc([C@@H](C)NCC)ncc2C)cn2ncnc12. The van der Waals surface area contributed by atoms with E-state index in [9.17, 15) is 0 Å². The van der Waals surface area contributed by atoms with Crippen LogP contribution < -0.4 is 10.1 Å². The largest absolute Gasteiger partial charge is 0.475 e. The number of ether oxygens (including phenoxy) is 1. The highest BCUT2D eigenvalue weighted by molar-refractivity contribution is 5.65. The molecule has 0 radical (unpaired) electrons. The van der Waals surface area contributed by atoms with Crippen LogP contribution in [-0.2, 0) is 0 Å². The summed E-state index contributed by atoms with van der Waals surface area (Å²) < 4.78 is 7.50. The van der Waals surface area contributed by atoms with E-state index in [0.717, 1.165) is 35.5 Å². The Morgan fingerprint density at radius 2 is 2.23 bits per heavy atom. The van der Waals surface area contributed by atoms with E-state index in [-0.39, 0.29) is 6.04 Å². The van der Waals surface area contributed by atoms with Crippen molar-refractivity contribution >= 4 is 5.65 Å². The molecule has 0 bridgehead atoms. The Morgan fingerprint density at radius 1 is 1.38 bits per heavy atom. The fourth-order valence-electron chi connectivity index (χ4n) is 2.73. The summed E-state index contributed by atoms with van der Waals surface area (Å²) in [7, 11) is 0. The molecule has 0 aromatic carbocycles. The third-order valence-corrected chi connectivity index (χ3v) is 4.15. The van der Waals surface area contributed by atoms with Crippen molar-refractivity contribution in [1.29, 1.82) is 0 Å². The highest BCUT2D eigenvalue weighted by Gasteiger charge is 2.15. The van der Waals surface area contributed by atoms with Gasteiger partial charge < -0.3 is 10.1 Å². The van der Waals surface area contributed by atoms with Crippen molar-refractivity contribution in [1.82, 2.24) is 29.9 Å². The first-order valence-electron chi connectivity index (χ1n) is 8.78. The Hall–Kier alpha value is -2.80. The molecule has 7 nitrogen and oxygen atoms in total. The Bertz CT molecular complexity index is 904. The second-order valence-corrected chi connectivity index (χ2v) is 6.09. The van der Waals surface area contributed by atoms with E-state index in [1.165, 1.54) is 6.33 Å². The van der Waals surface area contributed by atoms with Crippen molar-refractivity contribution in [3.05, 3.63) is 48.7 Å². The summed E-state index contributed by atoms with van der Waals surface area (Å²) in [5.74, 6) is 0.472. The Morgan fingerprint density at radius 3 is 3.00 bits per heavy atom. The summed E-state index contributed by atoms with van der Waals surface area (Å²) in [4.78, 5) is 13.5. The van der Waals surface area contributed by atoms with Gasteiger partial charge in [-0.2, -0.15) is 5.10 Å². The number of aryl methyl sites for hydroxylation is 1. The van der Waals surface area contributed by atoms with Crippen LogP contribution in [-0.4, -0.2) is 37.7 Å². The first-order valence-corrected chi connectivity index (χ1v) is 8.78. The monoisotopic (exact) mass is 352 g/mol. The standard InChI is InChI=1S/C19H24N6O/c1-5-7-8-26-19-18-22-12-23-25(18)11-17(24-19)15-9-16(14(4)20-6-2)21-10-13(15)3/h5,9-12,14,20H,1,6-8H2,2-4H3/t14-/m1/s1. The molecule has 0 aliphatic heterocycles. The molecule has 1 N–H and O–H groups in total. The van der Waals surface area contributed by atoms with Gasteiger partial charge in [0.15, 0.2) is 0 Å². The van der Waals surface area contributed by atoms with Crippen molar-refractivity contribution in [2.45, 2.75) is 33.2 Å². The lowest BCUT2D eigenvalue weighted by molar-refractivity contribution is 0.314. The zero-order valence-electron chi connectivity index (χ0n) is 15.4. The average molecular weight is 352 g/mol. The maximum Gasteiger partial charge on any atom is 0.260 e. The molecule has 0 aliphatic rings. The minimum atomic E-state index is 0.165. The molecule has 0 amide bonds. The lowest BCUT2D eigenvalue weighted by Gasteiger charge is -2.15. The van der Waals surface area contributed by atoms with Gasteiger partial charge in [-0.3, -0.25) is 4.98 Å². The molecule has 0 saturated carbocycles. The summed E-state index contributed by atoms with van der Waals surface area (Å²) in [6.07, 6.45) is 7.80. The number of hydrogen-bond donors (Lipinski definition) is 1.